The lowest BCUT2D eigenvalue weighted by Crippen LogP contribution is -2.52. The number of piperidine rings is 3. The number of fused-ring (bicyclic) bond motifs is 1. The van der Waals surface area contributed by atoms with Crippen LogP contribution in [0, 0.1) is 5.41 Å². The average Bonchev–Trinajstić information content (AvgIpc) is 3.15. The van der Waals surface area contributed by atoms with E-state index in [1.165, 1.54) is 25.7 Å². The highest BCUT2D eigenvalue weighted by atomic mass is 35.5. The number of carbonyl (C=O) groups is 3. The van der Waals surface area contributed by atoms with Gasteiger partial charge in [-0.05, 0) is 87.2 Å². The maximum Gasteiger partial charge on any atom is 0.255 e. The number of hydrogen-bond acceptors (Lipinski definition) is 6. The Kier molecular flexibility index (Phi) is 6.81. The predicted molar refractivity (Wildman–Crippen MR) is 134 cm³/mol. The van der Waals surface area contributed by atoms with E-state index < -0.39 is 6.04 Å². The fraction of sp³-hybridized carbons (Fsp3) is 0.654. The Morgan fingerprint density at radius 3 is 2.43 bits per heavy atom. The van der Waals surface area contributed by atoms with Gasteiger partial charge in [0, 0.05) is 37.3 Å². The van der Waals surface area contributed by atoms with Gasteiger partial charge in [0.05, 0.1) is 12.2 Å². The minimum absolute atomic E-state index is 0. The van der Waals surface area contributed by atoms with Crippen LogP contribution in [0.2, 0.25) is 0 Å². The molecule has 9 heteroatoms. The summed E-state index contributed by atoms with van der Waals surface area (Å²) < 4.78 is 6.47. The molecule has 0 aromatic heterocycles. The normalized spacial score (nSPS) is 26.9. The number of carbonyl (C=O) groups excluding carboxylic acids is 3. The summed E-state index contributed by atoms with van der Waals surface area (Å²) in [5.74, 6) is -0.740. The highest BCUT2D eigenvalue weighted by Crippen LogP contribution is 2.49. The summed E-state index contributed by atoms with van der Waals surface area (Å²) in [5, 5.41) is 5.83. The van der Waals surface area contributed by atoms with Crippen LogP contribution in [0.25, 0.3) is 0 Å². The van der Waals surface area contributed by atoms with Crippen molar-refractivity contribution >= 4 is 35.8 Å². The fourth-order valence-electron chi connectivity index (χ4n) is 6.65. The van der Waals surface area contributed by atoms with Crippen molar-refractivity contribution in [2.45, 2.75) is 76.2 Å². The van der Waals surface area contributed by atoms with Crippen molar-refractivity contribution in [2.75, 3.05) is 31.1 Å². The summed E-state index contributed by atoms with van der Waals surface area (Å²) in [6, 6.07) is 5.46. The van der Waals surface area contributed by atoms with E-state index in [1.807, 2.05) is 12.1 Å². The van der Waals surface area contributed by atoms with E-state index in [9.17, 15) is 14.4 Å². The number of nitrogens with zero attached hydrogens (tertiary/aromatic N) is 2. The highest BCUT2D eigenvalue weighted by Gasteiger charge is 2.46. The third-order valence-corrected chi connectivity index (χ3v) is 8.68. The minimum atomic E-state index is -0.565. The maximum atomic E-state index is 12.9. The molecule has 1 aliphatic carbocycles. The first kappa shape index (κ1) is 24.5. The monoisotopic (exact) mass is 502 g/mol. The highest BCUT2D eigenvalue weighted by molar-refractivity contribution is 6.05. The first-order valence-corrected chi connectivity index (χ1v) is 12.9. The largest absolute Gasteiger partial charge is 0.375 e. The Hall–Kier alpha value is -2.16. The molecule has 2 N–H and O–H groups in total. The number of imide groups is 1. The molecule has 1 unspecified atom stereocenters. The van der Waals surface area contributed by atoms with E-state index in [0.717, 1.165) is 50.3 Å². The second-order valence-corrected chi connectivity index (χ2v) is 10.8. The van der Waals surface area contributed by atoms with Crippen LogP contribution in [0.5, 0.6) is 0 Å². The molecule has 3 amide bonds. The lowest BCUT2D eigenvalue weighted by molar-refractivity contribution is -0.136. The number of rotatable bonds is 4. The molecule has 6 rings (SSSR count). The predicted octanol–water partition coefficient (Wildman–Crippen LogP) is 2.39. The average molecular weight is 503 g/mol. The van der Waals surface area contributed by atoms with Crippen LogP contribution in [-0.2, 0) is 20.9 Å². The molecule has 3 saturated heterocycles. The van der Waals surface area contributed by atoms with Crippen molar-refractivity contribution in [3.05, 3.63) is 29.3 Å². The molecular weight excluding hydrogens is 468 g/mol. The lowest BCUT2D eigenvalue weighted by Gasteiger charge is -2.51. The van der Waals surface area contributed by atoms with Gasteiger partial charge in [-0.3, -0.25) is 19.7 Å². The standard InChI is InChI=1S/C26H34N4O4.ClH/c31-23-4-3-22(24(32)28-23)30-16-17-13-18(1-2-21(17)25(30)33)29-11-5-19(6-12-29)34-20-14-26(15-20)7-9-27-10-8-26;/h1-2,13,19-20,22,27H,3-12,14-16H2,(H,28,31,32);1H. The Morgan fingerprint density at radius 1 is 0.971 bits per heavy atom. The van der Waals surface area contributed by atoms with Gasteiger partial charge in [0.25, 0.3) is 5.91 Å². The molecule has 4 fully saturated rings. The summed E-state index contributed by atoms with van der Waals surface area (Å²) >= 11 is 0. The first-order valence-electron chi connectivity index (χ1n) is 12.9. The molecule has 4 heterocycles. The van der Waals surface area contributed by atoms with Crippen LogP contribution in [0.3, 0.4) is 0 Å². The van der Waals surface area contributed by atoms with Crippen molar-refractivity contribution in [1.29, 1.82) is 0 Å². The molecule has 5 aliphatic rings. The van der Waals surface area contributed by atoms with Gasteiger partial charge in [0.1, 0.15) is 6.04 Å². The van der Waals surface area contributed by atoms with E-state index in [2.05, 4.69) is 21.6 Å². The molecule has 1 aromatic carbocycles. The Balaban J connectivity index is 0.00000253. The smallest absolute Gasteiger partial charge is 0.255 e. The van der Waals surface area contributed by atoms with E-state index in [4.69, 9.17) is 4.74 Å². The summed E-state index contributed by atoms with van der Waals surface area (Å²) in [7, 11) is 0. The maximum absolute atomic E-state index is 12.9. The Bertz CT molecular complexity index is 995. The van der Waals surface area contributed by atoms with Crippen LogP contribution >= 0.6 is 12.4 Å². The van der Waals surface area contributed by atoms with Crippen molar-refractivity contribution in [3.8, 4) is 0 Å². The third-order valence-electron chi connectivity index (χ3n) is 8.68. The number of ether oxygens (including phenoxy) is 1. The Labute approximate surface area is 212 Å². The van der Waals surface area contributed by atoms with Crippen LogP contribution < -0.4 is 15.5 Å². The van der Waals surface area contributed by atoms with E-state index in [0.29, 0.717) is 36.2 Å². The van der Waals surface area contributed by atoms with Crippen LogP contribution in [0.1, 0.15) is 67.3 Å². The van der Waals surface area contributed by atoms with Crippen LogP contribution in [0.15, 0.2) is 18.2 Å². The van der Waals surface area contributed by atoms with Crippen molar-refractivity contribution in [2.24, 2.45) is 5.41 Å². The lowest BCUT2D eigenvalue weighted by atomic mass is 9.61. The molecule has 1 spiro atoms. The summed E-state index contributed by atoms with van der Waals surface area (Å²) in [5.41, 5.74) is 3.32. The van der Waals surface area contributed by atoms with E-state index in [-0.39, 0.29) is 36.5 Å². The number of anilines is 1. The molecule has 0 radical (unpaired) electrons. The van der Waals surface area contributed by atoms with Crippen LogP contribution in [0.4, 0.5) is 5.69 Å². The van der Waals surface area contributed by atoms with Gasteiger partial charge in [-0.25, -0.2) is 0 Å². The summed E-state index contributed by atoms with van der Waals surface area (Å²) in [6.07, 6.45) is 8.59. The second kappa shape index (κ2) is 9.71. The molecule has 0 bridgehead atoms. The minimum Gasteiger partial charge on any atom is -0.375 e. The summed E-state index contributed by atoms with van der Waals surface area (Å²) in [4.78, 5) is 40.7. The first-order chi connectivity index (χ1) is 16.5. The molecule has 1 atom stereocenters. The second-order valence-electron chi connectivity index (χ2n) is 10.8. The Morgan fingerprint density at radius 2 is 1.71 bits per heavy atom. The van der Waals surface area contributed by atoms with Gasteiger partial charge in [0.15, 0.2) is 0 Å². The third kappa shape index (κ3) is 4.68. The number of amides is 3. The number of nitrogens with one attached hydrogen (secondary N) is 2. The van der Waals surface area contributed by atoms with Gasteiger partial charge in [-0.1, -0.05) is 0 Å². The number of halogens is 1. The van der Waals surface area contributed by atoms with E-state index in [1.54, 1.807) is 4.90 Å². The van der Waals surface area contributed by atoms with Crippen molar-refractivity contribution in [1.82, 2.24) is 15.5 Å². The molecular formula is C26H35ClN4O4. The molecule has 35 heavy (non-hydrogen) atoms. The van der Waals surface area contributed by atoms with E-state index >= 15 is 0 Å². The molecule has 190 valence electrons. The fourth-order valence-corrected chi connectivity index (χ4v) is 6.65. The summed E-state index contributed by atoms with van der Waals surface area (Å²) in [6.45, 7) is 4.64. The molecule has 8 nitrogen and oxygen atoms in total. The van der Waals surface area contributed by atoms with Crippen molar-refractivity contribution < 1.29 is 19.1 Å². The molecule has 1 saturated carbocycles. The molecule has 1 aromatic rings. The van der Waals surface area contributed by atoms with Gasteiger partial charge < -0.3 is 19.9 Å². The van der Waals surface area contributed by atoms with Crippen LogP contribution in [-0.4, -0.2) is 67.1 Å². The van der Waals surface area contributed by atoms with Gasteiger partial charge in [-0.15, -0.1) is 12.4 Å². The van der Waals surface area contributed by atoms with Gasteiger partial charge >= 0.3 is 0 Å². The van der Waals surface area contributed by atoms with Crippen molar-refractivity contribution in [3.63, 3.8) is 0 Å². The zero-order valence-corrected chi connectivity index (χ0v) is 20.9. The topological polar surface area (TPSA) is 91.0 Å². The zero-order chi connectivity index (χ0) is 23.3. The van der Waals surface area contributed by atoms with Gasteiger partial charge in [-0.2, -0.15) is 0 Å². The number of hydrogen-bond donors (Lipinski definition) is 2. The quantitative estimate of drug-likeness (QED) is 0.614. The molecule has 4 aliphatic heterocycles. The SMILES string of the molecule is Cl.O=C1CCC(N2Cc3cc(N4CCC(OC5CC6(CCNCC6)C5)CC4)ccc3C2=O)C(=O)N1. The number of benzene rings is 1. The zero-order valence-electron chi connectivity index (χ0n) is 20.1. The van der Waals surface area contributed by atoms with Gasteiger partial charge in [0.2, 0.25) is 11.8 Å².